The molecule has 2 aliphatic carbocycles. The van der Waals surface area contributed by atoms with Gasteiger partial charge in [-0.3, -0.25) is 0 Å². The van der Waals surface area contributed by atoms with Gasteiger partial charge in [0.25, 0.3) is 0 Å². The molecule has 0 aromatic carbocycles. The predicted molar refractivity (Wildman–Crippen MR) is 31.6 cm³/mol. The monoisotopic (exact) mass is 112 g/mol. The predicted octanol–water partition coefficient (Wildman–Crippen LogP) is 1.43. The van der Waals surface area contributed by atoms with Crippen molar-refractivity contribution in [1.29, 1.82) is 0 Å². The minimum atomic E-state index is 0.639. The van der Waals surface area contributed by atoms with E-state index in [9.17, 15) is 0 Å². The first kappa shape index (κ1) is 4.80. The molecule has 3 atom stereocenters. The standard InChI is InChI=1S/C7H12O/c1-8-7-3-2-5-4-6(5)7/h5-7H,2-4H2,1H3/t5-,6+,7+/m1/s1. The Morgan fingerprint density at radius 3 is 2.50 bits per heavy atom. The second-order valence-corrected chi connectivity index (χ2v) is 3.01. The van der Waals surface area contributed by atoms with Gasteiger partial charge in [-0.15, -0.1) is 0 Å². The van der Waals surface area contributed by atoms with Crippen LogP contribution in [-0.4, -0.2) is 13.2 Å². The molecule has 1 nitrogen and oxygen atoms in total. The molecule has 8 heavy (non-hydrogen) atoms. The van der Waals surface area contributed by atoms with Gasteiger partial charge in [0.15, 0.2) is 0 Å². The summed E-state index contributed by atoms with van der Waals surface area (Å²) < 4.78 is 5.27. The van der Waals surface area contributed by atoms with Crippen molar-refractivity contribution in [3.8, 4) is 0 Å². The number of hydrogen-bond donors (Lipinski definition) is 0. The Morgan fingerprint density at radius 2 is 2.25 bits per heavy atom. The zero-order valence-electron chi connectivity index (χ0n) is 5.26. The molecule has 0 aromatic rings. The van der Waals surface area contributed by atoms with Gasteiger partial charge in [0, 0.05) is 7.11 Å². The molecule has 0 aliphatic heterocycles. The quantitative estimate of drug-likeness (QED) is 0.498. The molecule has 0 aromatic heterocycles. The Kier molecular flexibility index (Phi) is 0.884. The van der Waals surface area contributed by atoms with Crippen molar-refractivity contribution in [3.63, 3.8) is 0 Å². The van der Waals surface area contributed by atoms with Crippen molar-refractivity contribution in [3.05, 3.63) is 0 Å². The smallest absolute Gasteiger partial charge is 0.0602 e. The van der Waals surface area contributed by atoms with E-state index in [0.717, 1.165) is 11.8 Å². The number of methoxy groups -OCH3 is 1. The highest BCUT2D eigenvalue weighted by Crippen LogP contribution is 2.52. The van der Waals surface area contributed by atoms with Gasteiger partial charge in [-0.2, -0.15) is 0 Å². The Bertz CT molecular complexity index is 101. The Balaban J connectivity index is 1.97. The topological polar surface area (TPSA) is 9.23 Å². The highest BCUT2D eigenvalue weighted by atomic mass is 16.5. The Hall–Kier alpha value is -0.0400. The first-order valence-corrected chi connectivity index (χ1v) is 3.44. The molecule has 2 aliphatic rings. The summed E-state index contributed by atoms with van der Waals surface area (Å²) in [5, 5.41) is 0. The second-order valence-electron chi connectivity index (χ2n) is 3.01. The third kappa shape index (κ3) is 0.510. The molecule has 2 fully saturated rings. The van der Waals surface area contributed by atoms with Crippen LogP contribution in [0.5, 0.6) is 0 Å². The summed E-state index contributed by atoms with van der Waals surface area (Å²) in [5.74, 6) is 2.04. The summed E-state index contributed by atoms with van der Waals surface area (Å²) in [6, 6.07) is 0. The highest BCUT2D eigenvalue weighted by molar-refractivity contribution is 4.98. The molecule has 46 valence electrons. The van der Waals surface area contributed by atoms with E-state index in [1.165, 1.54) is 19.3 Å². The normalized spacial score (nSPS) is 51.4. The van der Waals surface area contributed by atoms with Gasteiger partial charge in [-0.25, -0.2) is 0 Å². The van der Waals surface area contributed by atoms with E-state index in [1.54, 1.807) is 0 Å². The van der Waals surface area contributed by atoms with Crippen molar-refractivity contribution in [2.24, 2.45) is 11.8 Å². The van der Waals surface area contributed by atoms with E-state index in [0.29, 0.717) is 6.10 Å². The van der Waals surface area contributed by atoms with Crippen molar-refractivity contribution in [1.82, 2.24) is 0 Å². The molecule has 0 spiro atoms. The van der Waals surface area contributed by atoms with Crippen molar-refractivity contribution >= 4 is 0 Å². The molecule has 0 heterocycles. The number of fused-ring (bicyclic) bond motifs is 1. The van der Waals surface area contributed by atoms with Crippen LogP contribution in [0.1, 0.15) is 19.3 Å². The highest BCUT2D eigenvalue weighted by Gasteiger charge is 2.48. The van der Waals surface area contributed by atoms with Crippen LogP contribution in [0, 0.1) is 11.8 Å². The van der Waals surface area contributed by atoms with Crippen LogP contribution < -0.4 is 0 Å². The van der Waals surface area contributed by atoms with Gasteiger partial charge < -0.3 is 4.74 Å². The van der Waals surface area contributed by atoms with E-state index in [4.69, 9.17) is 4.74 Å². The van der Waals surface area contributed by atoms with E-state index in [2.05, 4.69) is 0 Å². The molecule has 0 N–H and O–H groups in total. The molecular formula is C7H12O. The fourth-order valence-corrected chi connectivity index (χ4v) is 1.94. The lowest BCUT2D eigenvalue weighted by molar-refractivity contribution is 0.0908. The lowest BCUT2D eigenvalue weighted by Gasteiger charge is -2.06. The van der Waals surface area contributed by atoms with Crippen LogP contribution in [-0.2, 0) is 4.74 Å². The van der Waals surface area contributed by atoms with Gasteiger partial charge in [-0.1, -0.05) is 0 Å². The number of rotatable bonds is 1. The SMILES string of the molecule is CO[C@H]1CC[C@@H]2C[C@@H]21. The largest absolute Gasteiger partial charge is 0.381 e. The van der Waals surface area contributed by atoms with Crippen molar-refractivity contribution in [2.75, 3.05) is 7.11 Å². The zero-order chi connectivity index (χ0) is 5.56. The van der Waals surface area contributed by atoms with Crippen LogP contribution in [0.2, 0.25) is 0 Å². The molecule has 0 radical (unpaired) electrons. The van der Waals surface area contributed by atoms with Gasteiger partial charge in [-0.05, 0) is 31.1 Å². The van der Waals surface area contributed by atoms with Crippen LogP contribution >= 0.6 is 0 Å². The van der Waals surface area contributed by atoms with Crippen molar-refractivity contribution < 1.29 is 4.74 Å². The first-order valence-electron chi connectivity index (χ1n) is 3.44. The maximum atomic E-state index is 5.27. The number of ether oxygens (including phenoxy) is 1. The molecular weight excluding hydrogens is 100 g/mol. The molecule has 0 amide bonds. The van der Waals surface area contributed by atoms with Crippen molar-refractivity contribution in [2.45, 2.75) is 25.4 Å². The fraction of sp³-hybridized carbons (Fsp3) is 1.00. The minimum Gasteiger partial charge on any atom is -0.381 e. The van der Waals surface area contributed by atoms with E-state index in [-0.39, 0.29) is 0 Å². The third-order valence-corrected chi connectivity index (χ3v) is 2.58. The summed E-state index contributed by atoms with van der Waals surface area (Å²) in [5.41, 5.74) is 0. The van der Waals surface area contributed by atoms with Gasteiger partial charge >= 0.3 is 0 Å². The van der Waals surface area contributed by atoms with E-state index >= 15 is 0 Å². The third-order valence-electron chi connectivity index (χ3n) is 2.58. The maximum Gasteiger partial charge on any atom is 0.0602 e. The van der Waals surface area contributed by atoms with Gasteiger partial charge in [0.1, 0.15) is 0 Å². The number of hydrogen-bond acceptors (Lipinski definition) is 1. The van der Waals surface area contributed by atoms with Crippen LogP contribution in [0.3, 0.4) is 0 Å². The molecule has 1 heteroatoms. The summed E-state index contributed by atoms with van der Waals surface area (Å²) in [4.78, 5) is 0. The average molecular weight is 112 g/mol. The lowest BCUT2D eigenvalue weighted by Crippen LogP contribution is -2.07. The van der Waals surface area contributed by atoms with Gasteiger partial charge in [0.05, 0.1) is 6.10 Å². The summed E-state index contributed by atoms with van der Waals surface area (Å²) in [7, 11) is 1.84. The fourth-order valence-electron chi connectivity index (χ4n) is 1.94. The summed E-state index contributed by atoms with van der Waals surface area (Å²) in [6.07, 6.45) is 4.85. The van der Waals surface area contributed by atoms with Crippen LogP contribution in [0.4, 0.5) is 0 Å². The van der Waals surface area contributed by atoms with Crippen LogP contribution in [0.15, 0.2) is 0 Å². The summed E-state index contributed by atoms with van der Waals surface area (Å²) in [6.45, 7) is 0. The Morgan fingerprint density at radius 1 is 1.38 bits per heavy atom. The maximum absolute atomic E-state index is 5.27. The van der Waals surface area contributed by atoms with E-state index < -0.39 is 0 Å². The molecule has 0 bridgehead atoms. The average Bonchev–Trinajstić information content (AvgIpc) is 2.46. The minimum absolute atomic E-state index is 0.639. The molecule has 2 rings (SSSR count). The first-order chi connectivity index (χ1) is 3.92. The lowest BCUT2D eigenvalue weighted by atomic mass is 10.2. The van der Waals surface area contributed by atoms with Gasteiger partial charge in [0.2, 0.25) is 0 Å². The Labute approximate surface area is 50.0 Å². The zero-order valence-corrected chi connectivity index (χ0v) is 5.26. The molecule has 0 unspecified atom stereocenters. The van der Waals surface area contributed by atoms with Crippen LogP contribution in [0.25, 0.3) is 0 Å². The second kappa shape index (κ2) is 1.47. The summed E-state index contributed by atoms with van der Waals surface area (Å²) >= 11 is 0. The van der Waals surface area contributed by atoms with E-state index in [1.807, 2.05) is 7.11 Å². The molecule has 2 saturated carbocycles. The molecule has 0 saturated heterocycles.